The number of aliphatic hydroxyl groups excluding tert-OH is 2. The van der Waals surface area contributed by atoms with Gasteiger partial charge in [0.15, 0.2) is 0 Å². The van der Waals surface area contributed by atoms with Gasteiger partial charge in [0, 0.05) is 13.2 Å². The first-order valence-electron chi connectivity index (χ1n) is 6.69. The molecule has 2 heterocycles. The fourth-order valence-corrected chi connectivity index (χ4v) is 2.91. The van der Waals surface area contributed by atoms with Crippen LogP contribution in [0.15, 0.2) is 0 Å². The molecular formula is C13H25NO3. The van der Waals surface area contributed by atoms with E-state index in [4.69, 9.17) is 4.74 Å². The van der Waals surface area contributed by atoms with Gasteiger partial charge < -0.3 is 19.8 Å². The van der Waals surface area contributed by atoms with Gasteiger partial charge >= 0.3 is 0 Å². The van der Waals surface area contributed by atoms with E-state index in [1.165, 1.54) is 0 Å². The highest BCUT2D eigenvalue weighted by molar-refractivity contribution is 4.91. The summed E-state index contributed by atoms with van der Waals surface area (Å²) in [6.45, 7) is 7.10. The minimum Gasteiger partial charge on any atom is -0.396 e. The molecule has 0 bridgehead atoms. The second-order valence-electron chi connectivity index (χ2n) is 5.94. The maximum atomic E-state index is 9.49. The minimum absolute atomic E-state index is 0.00850. The smallest absolute Gasteiger partial charge is 0.0579 e. The van der Waals surface area contributed by atoms with E-state index < -0.39 is 0 Å². The summed E-state index contributed by atoms with van der Waals surface area (Å²) in [5.41, 5.74) is 0.143. The van der Waals surface area contributed by atoms with E-state index in [1.54, 1.807) is 0 Å². The molecule has 2 N–H and O–H groups in total. The summed E-state index contributed by atoms with van der Waals surface area (Å²) in [5.74, 6) is 0. The van der Waals surface area contributed by atoms with Crippen LogP contribution in [0.25, 0.3) is 0 Å². The predicted molar refractivity (Wildman–Crippen MR) is 65.8 cm³/mol. The molecule has 0 saturated carbocycles. The summed E-state index contributed by atoms with van der Waals surface area (Å²) in [6, 6.07) is 0. The molecule has 2 aliphatic rings. The topological polar surface area (TPSA) is 52.9 Å². The summed E-state index contributed by atoms with van der Waals surface area (Å²) in [4.78, 5) is 2.42. The Kier molecular flexibility index (Phi) is 4.08. The van der Waals surface area contributed by atoms with Gasteiger partial charge in [-0.05, 0) is 37.8 Å². The molecule has 0 radical (unpaired) electrons. The van der Waals surface area contributed by atoms with Crippen molar-refractivity contribution in [1.82, 2.24) is 4.90 Å². The molecule has 0 aliphatic carbocycles. The van der Waals surface area contributed by atoms with Gasteiger partial charge in [0.1, 0.15) is 0 Å². The first-order chi connectivity index (χ1) is 8.17. The fourth-order valence-electron chi connectivity index (χ4n) is 2.91. The van der Waals surface area contributed by atoms with Crippen molar-refractivity contribution in [3.63, 3.8) is 0 Å². The van der Waals surface area contributed by atoms with Crippen molar-refractivity contribution >= 4 is 0 Å². The van der Waals surface area contributed by atoms with Gasteiger partial charge in [-0.1, -0.05) is 6.92 Å². The zero-order valence-electron chi connectivity index (χ0n) is 10.8. The van der Waals surface area contributed by atoms with Crippen molar-refractivity contribution in [1.29, 1.82) is 0 Å². The Morgan fingerprint density at radius 1 is 1.06 bits per heavy atom. The lowest BCUT2D eigenvalue weighted by Crippen LogP contribution is -2.55. The molecule has 0 unspecified atom stereocenters. The molecule has 0 aromatic rings. The molecule has 4 nitrogen and oxygen atoms in total. The van der Waals surface area contributed by atoms with Crippen LogP contribution in [-0.4, -0.2) is 61.2 Å². The van der Waals surface area contributed by atoms with Crippen LogP contribution < -0.4 is 0 Å². The zero-order valence-corrected chi connectivity index (χ0v) is 10.8. The lowest BCUT2D eigenvalue weighted by atomic mass is 9.76. The number of rotatable bonds is 5. The molecule has 0 amide bonds. The summed E-state index contributed by atoms with van der Waals surface area (Å²) < 4.78 is 5.23. The van der Waals surface area contributed by atoms with Crippen LogP contribution >= 0.6 is 0 Å². The van der Waals surface area contributed by atoms with Crippen molar-refractivity contribution in [2.24, 2.45) is 10.8 Å². The van der Waals surface area contributed by atoms with Crippen LogP contribution in [0.3, 0.4) is 0 Å². The van der Waals surface area contributed by atoms with E-state index in [1.807, 2.05) is 0 Å². The monoisotopic (exact) mass is 243 g/mol. The maximum Gasteiger partial charge on any atom is 0.0579 e. The lowest BCUT2D eigenvalue weighted by molar-refractivity contribution is -0.152. The van der Waals surface area contributed by atoms with E-state index in [-0.39, 0.29) is 17.4 Å². The summed E-state index contributed by atoms with van der Waals surface area (Å²) >= 11 is 0. The molecular weight excluding hydrogens is 218 g/mol. The van der Waals surface area contributed by atoms with E-state index >= 15 is 0 Å². The van der Waals surface area contributed by atoms with Crippen LogP contribution in [0.4, 0.5) is 0 Å². The van der Waals surface area contributed by atoms with Crippen molar-refractivity contribution in [3.8, 4) is 0 Å². The Bertz CT molecular complexity index is 234. The molecule has 0 aromatic carbocycles. The highest BCUT2D eigenvalue weighted by Gasteiger charge is 2.41. The van der Waals surface area contributed by atoms with Crippen molar-refractivity contribution in [3.05, 3.63) is 0 Å². The summed E-state index contributed by atoms with van der Waals surface area (Å²) in [5, 5.41) is 18.9. The number of hydrogen-bond acceptors (Lipinski definition) is 4. The van der Waals surface area contributed by atoms with Gasteiger partial charge in [-0.2, -0.15) is 0 Å². The summed E-state index contributed by atoms with van der Waals surface area (Å²) in [6.07, 6.45) is 3.20. The number of aliphatic hydroxyl groups is 2. The first kappa shape index (κ1) is 13.3. The molecule has 2 rings (SSSR count). The van der Waals surface area contributed by atoms with Gasteiger partial charge in [0.2, 0.25) is 0 Å². The number of nitrogens with zero attached hydrogens (tertiary/aromatic N) is 1. The Balaban J connectivity index is 1.83. The second kappa shape index (κ2) is 5.22. The molecule has 0 aromatic heterocycles. The van der Waals surface area contributed by atoms with Gasteiger partial charge in [-0.15, -0.1) is 0 Å². The number of likely N-dealkylation sites (tertiary alicyclic amines) is 1. The first-order valence-corrected chi connectivity index (χ1v) is 6.69. The molecule has 0 atom stereocenters. The lowest BCUT2D eigenvalue weighted by Gasteiger charge is -2.47. The predicted octanol–water partition coefficient (Wildman–Crippen LogP) is 0.480. The number of hydrogen-bond donors (Lipinski definition) is 2. The Morgan fingerprint density at radius 2 is 1.65 bits per heavy atom. The van der Waals surface area contributed by atoms with Crippen molar-refractivity contribution in [2.75, 3.05) is 46.1 Å². The largest absolute Gasteiger partial charge is 0.396 e. The Hall–Kier alpha value is -0.160. The van der Waals surface area contributed by atoms with Crippen LogP contribution in [0.1, 0.15) is 26.2 Å². The van der Waals surface area contributed by atoms with Crippen molar-refractivity contribution in [2.45, 2.75) is 26.2 Å². The molecule has 0 spiro atoms. The van der Waals surface area contributed by atoms with Crippen LogP contribution in [0, 0.1) is 10.8 Å². The highest BCUT2D eigenvalue weighted by atomic mass is 16.5. The standard InChI is InChI=1S/C13H25NO3/c1-2-12(8-15)3-5-14(6-4-12)7-13(9-16)10-17-11-13/h15-16H,2-11H2,1H3. The number of piperidine rings is 1. The fraction of sp³-hybridized carbons (Fsp3) is 1.00. The third kappa shape index (κ3) is 2.65. The highest BCUT2D eigenvalue weighted by Crippen LogP contribution is 2.36. The van der Waals surface area contributed by atoms with Crippen LogP contribution in [-0.2, 0) is 4.74 Å². The van der Waals surface area contributed by atoms with E-state index in [2.05, 4.69) is 11.8 Å². The third-order valence-electron chi connectivity index (χ3n) is 4.71. The van der Waals surface area contributed by atoms with E-state index in [0.29, 0.717) is 19.8 Å². The van der Waals surface area contributed by atoms with Gasteiger partial charge in [-0.25, -0.2) is 0 Å². The quantitative estimate of drug-likeness (QED) is 0.737. The second-order valence-corrected chi connectivity index (χ2v) is 5.94. The normalized spacial score (nSPS) is 27.7. The molecule has 4 heteroatoms. The van der Waals surface area contributed by atoms with E-state index in [9.17, 15) is 10.2 Å². The molecule has 100 valence electrons. The third-order valence-corrected chi connectivity index (χ3v) is 4.71. The molecule has 2 aliphatic heterocycles. The molecule has 17 heavy (non-hydrogen) atoms. The summed E-state index contributed by atoms with van der Waals surface area (Å²) in [7, 11) is 0. The van der Waals surface area contributed by atoms with E-state index in [0.717, 1.165) is 38.9 Å². The average molecular weight is 243 g/mol. The Labute approximate surface area is 104 Å². The minimum atomic E-state index is -0.00850. The van der Waals surface area contributed by atoms with Crippen LogP contribution in [0.5, 0.6) is 0 Å². The van der Waals surface area contributed by atoms with Gasteiger partial charge in [0.25, 0.3) is 0 Å². The zero-order chi connectivity index (χ0) is 12.4. The van der Waals surface area contributed by atoms with Crippen LogP contribution in [0.2, 0.25) is 0 Å². The van der Waals surface area contributed by atoms with Gasteiger partial charge in [0.05, 0.1) is 25.2 Å². The molecule has 2 saturated heterocycles. The molecule has 2 fully saturated rings. The van der Waals surface area contributed by atoms with Crippen molar-refractivity contribution < 1.29 is 14.9 Å². The number of ether oxygens (including phenoxy) is 1. The van der Waals surface area contributed by atoms with Gasteiger partial charge in [-0.3, -0.25) is 0 Å². The average Bonchev–Trinajstić information content (AvgIpc) is 2.35. The Morgan fingerprint density at radius 3 is 2.00 bits per heavy atom. The SMILES string of the molecule is CCC1(CO)CCN(CC2(CO)COC2)CC1. The maximum absolute atomic E-state index is 9.49.